The molecule has 0 atom stereocenters. The quantitative estimate of drug-likeness (QED) is 0.271. The summed E-state index contributed by atoms with van der Waals surface area (Å²) in [7, 11) is 1.51. The Hall–Kier alpha value is -3.50. The summed E-state index contributed by atoms with van der Waals surface area (Å²) in [5.74, 6) is 1.27. The van der Waals surface area contributed by atoms with E-state index in [9.17, 15) is 9.59 Å². The minimum atomic E-state index is -0.265. The highest BCUT2D eigenvalue weighted by atomic mass is 35.5. The highest BCUT2D eigenvalue weighted by Crippen LogP contribution is 2.28. The van der Waals surface area contributed by atoms with E-state index < -0.39 is 0 Å². The summed E-state index contributed by atoms with van der Waals surface area (Å²) in [6.45, 7) is 6.63. The lowest BCUT2D eigenvalue weighted by Gasteiger charge is -2.11. The summed E-state index contributed by atoms with van der Waals surface area (Å²) < 4.78 is 12.4. The van der Waals surface area contributed by atoms with Crippen LogP contribution in [-0.4, -0.2) is 46.0 Å². The summed E-state index contributed by atoms with van der Waals surface area (Å²) in [5.41, 5.74) is 1.13. The van der Waals surface area contributed by atoms with Gasteiger partial charge in [-0.3, -0.25) is 9.59 Å². The van der Waals surface area contributed by atoms with Crippen molar-refractivity contribution in [2.24, 2.45) is 0 Å². The largest absolute Gasteiger partial charge is 0.495 e. The average Bonchev–Trinajstić information content (AvgIpc) is 3.20. The first-order valence-electron chi connectivity index (χ1n) is 10.7. The lowest BCUT2D eigenvalue weighted by atomic mass is 10.3. The molecule has 0 bridgehead atoms. The molecular weight excluding hydrogens is 490 g/mol. The maximum Gasteiger partial charge on any atom is 0.234 e. The Kier molecular flexibility index (Phi) is 9.56. The van der Waals surface area contributed by atoms with Crippen LogP contribution >= 0.6 is 23.4 Å². The number of anilines is 2. The standard InChI is InChI=1S/C24H26ClN5O4S/c1-4-12-30-21(14-22(31)26-17-7-9-18(10-8-17)34-5-2)28-29-24(30)35-15-23(32)27-19-13-16(25)6-11-20(19)33-3/h4,6-11,13H,1,5,12,14-15H2,2-3H3,(H,26,31)(H,27,32). The number of thioether (sulfide) groups is 1. The number of nitrogens with one attached hydrogen (secondary N) is 2. The van der Waals surface area contributed by atoms with Crippen LogP contribution in [0, 0.1) is 0 Å². The Balaban J connectivity index is 1.61. The zero-order valence-electron chi connectivity index (χ0n) is 19.4. The number of rotatable bonds is 12. The number of aromatic nitrogens is 3. The monoisotopic (exact) mass is 515 g/mol. The number of carbonyl (C=O) groups excluding carboxylic acids is 2. The van der Waals surface area contributed by atoms with Gasteiger partial charge in [0.15, 0.2) is 5.16 Å². The second-order valence-corrected chi connectivity index (χ2v) is 8.54. The predicted octanol–water partition coefficient (Wildman–Crippen LogP) is 4.44. The number of benzene rings is 2. The number of methoxy groups -OCH3 is 1. The SMILES string of the molecule is C=CCn1c(CC(=O)Nc2ccc(OCC)cc2)nnc1SCC(=O)Nc1cc(Cl)ccc1OC. The molecule has 11 heteroatoms. The molecule has 2 amide bonds. The highest BCUT2D eigenvalue weighted by molar-refractivity contribution is 7.99. The molecule has 0 saturated carbocycles. The molecule has 3 rings (SSSR count). The molecule has 0 fully saturated rings. The zero-order chi connectivity index (χ0) is 25.2. The van der Waals surface area contributed by atoms with E-state index in [0.717, 1.165) is 5.75 Å². The van der Waals surface area contributed by atoms with E-state index in [-0.39, 0.29) is 24.0 Å². The number of halogens is 1. The van der Waals surface area contributed by atoms with Crippen LogP contribution in [-0.2, 0) is 22.6 Å². The van der Waals surface area contributed by atoms with Gasteiger partial charge >= 0.3 is 0 Å². The van der Waals surface area contributed by atoms with Crippen molar-refractivity contribution < 1.29 is 19.1 Å². The average molecular weight is 516 g/mol. The fraction of sp³-hybridized carbons (Fsp3) is 0.250. The molecule has 0 unspecified atom stereocenters. The molecule has 35 heavy (non-hydrogen) atoms. The third-order valence-electron chi connectivity index (χ3n) is 4.64. The molecular formula is C24H26ClN5O4S. The lowest BCUT2D eigenvalue weighted by Crippen LogP contribution is -2.18. The van der Waals surface area contributed by atoms with Crippen LogP contribution in [0.3, 0.4) is 0 Å². The summed E-state index contributed by atoms with van der Waals surface area (Å²) in [6.07, 6.45) is 1.69. The number of amides is 2. The Morgan fingerprint density at radius 2 is 1.91 bits per heavy atom. The summed E-state index contributed by atoms with van der Waals surface area (Å²) >= 11 is 7.22. The first-order chi connectivity index (χ1) is 16.9. The molecule has 1 aromatic heterocycles. The third kappa shape index (κ3) is 7.49. The Labute approximate surface area is 212 Å². The summed E-state index contributed by atoms with van der Waals surface area (Å²) in [4.78, 5) is 25.1. The first kappa shape index (κ1) is 26.1. The zero-order valence-corrected chi connectivity index (χ0v) is 21.0. The molecule has 0 radical (unpaired) electrons. The molecule has 1 heterocycles. The van der Waals surface area contributed by atoms with Gasteiger partial charge in [-0.25, -0.2) is 0 Å². The van der Waals surface area contributed by atoms with Crippen LogP contribution in [0.4, 0.5) is 11.4 Å². The molecule has 0 aliphatic rings. The number of nitrogens with zero attached hydrogens (tertiary/aromatic N) is 3. The molecule has 0 aliphatic heterocycles. The van der Waals surface area contributed by atoms with E-state index in [1.165, 1.54) is 18.9 Å². The highest BCUT2D eigenvalue weighted by Gasteiger charge is 2.17. The molecule has 3 aromatic rings. The van der Waals surface area contributed by atoms with Crippen molar-refractivity contribution in [2.75, 3.05) is 30.1 Å². The molecule has 0 aliphatic carbocycles. The minimum Gasteiger partial charge on any atom is -0.495 e. The molecule has 184 valence electrons. The van der Waals surface area contributed by atoms with E-state index in [0.29, 0.717) is 46.3 Å². The maximum atomic E-state index is 12.6. The summed E-state index contributed by atoms with van der Waals surface area (Å²) in [5, 5.41) is 14.9. The fourth-order valence-corrected chi connectivity index (χ4v) is 4.05. The van der Waals surface area contributed by atoms with Gasteiger partial charge in [-0.1, -0.05) is 29.4 Å². The van der Waals surface area contributed by atoms with E-state index >= 15 is 0 Å². The number of carbonyl (C=O) groups is 2. The summed E-state index contributed by atoms with van der Waals surface area (Å²) in [6, 6.07) is 12.1. The van der Waals surface area contributed by atoms with Crippen molar-refractivity contribution in [1.29, 1.82) is 0 Å². The van der Waals surface area contributed by atoms with Gasteiger partial charge in [0.2, 0.25) is 11.8 Å². The second kappa shape index (κ2) is 12.8. The molecule has 0 saturated heterocycles. The van der Waals surface area contributed by atoms with Crippen molar-refractivity contribution in [3.8, 4) is 11.5 Å². The molecule has 2 aromatic carbocycles. The van der Waals surface area contributed by atoms with Crippen molar-refractivity contribution in [1.82, 2.24) is 14.8 Å². The molecule has 2 N–H and O–H groups in total. The van der Waals surface area contributed by atoms with E-state index in [1.807, 2.05) is 6.92 Å². The first-order valence-corrected chi connectivity index (χ1v) is 12.1. The fourth-order valence-electron chi connectivity index (χ4n) is 3.11. The van der Waals surface area contributed by atoms with Gasteiger partial charge in [0, 0.05) is 17.3 Å². The number of ether oxygens (including phenoxy) is 2. The van der Waals surface area contributed by atoms with E-state index in [2.05, 4.69) is 27.4 Å². The van der Waals surface area contributed by atoms with E-state index in [1.54, 1.807) is 53.1 Å². The smallest absolute Gasteiger partial charge is 0.234 e. The van der Waals surface area contributed by atoms with Crippen LogP contribution in [0.1, 0.15) is 12.7 Å². The van der Waals surface area contributed by atoms with Crippen LogP contribution in [0.5, 0.6) is 11.5 Å². The van der Waals surface area contributed by atoms with Crippen LogP contribution in [0.2, 0.25) is 5.02 Å². The topological polar surface area (TPSA) is 107 Å². The maximum absolute atomic E-state index is 12.6. The van der Waals surface area contributed by atoms with Crippen LogP contribution < -0.4 is 20.1 Å². The van der Waals surface area contributed by atoms with Gasteiger partial charge in [0.05, 0.1) is 31.6 Å². The lowest BCUT2D eigenvalue weighted by molar-refractivity contribution is -0.116. The number of hydrogen-bond donors (Lipinski definition) is 2. The Morgan fingerprint density at radius 1 is 1.14 bits per heavy atom. The minimum absolute atomic E-state index is 0.0144. The second-order valence-electron chi connectivity index (χ2n) is 7.16. The van der Waals surface area contributed by atoms with Crippen molar-refractivity contribution in [3.63, 3.8) is 0 Å². The van der Waals surface area contributed by atoms with Crippen LogP contribution in [0.15, 0.2) is 60.3 Å². The third-order valence-corrected chi connectivity index (χ3v) is 5.84. The molecule has 0 spiro atoms. The Bertz CT molecular complexity index is 1180. The van der Waals surface area contributed by atoms with Gasteiger partial charge in [0.1, 0.15) is 17.3 Å². The van der Waals surface area contributed by atoms with E-state index in [4.69, 9.17) is 21.1 Å². The van der Waals surface area contributed by atoms with Crippen molar-refractivity contribution in [3.05, 3.63) is 66.0 Å². The number of hydrogen-bond acceptors (Lipinski definition) is 7. The normalized spacial score (nSPS) is 10.5. The van der Waals surface area contributed by atoms with Gasteiger partial charge in [-0.2, -0.15) is 0 Å². The molecule has 9 nitrogen and oxygen atoms in total. The van der Waals surface area contributed by atoms with Crippen LogP contribution in [0.25, 0.3) is 0 Å². The van der Waals surface area contributed by atoms with Gasteiger partial charge < -0.3 is 24.7 Å². The van der Waals surface area contributed by atoms with Crippen molar-refractivity contribution in [2.45, 2.75) is 25.0 Å². The number of allylic oxidation sites excluding steroid dienone is 1. The van der Waals surface area contributed by atoms with Gasteiger partial charge in [-0.15, -0.1) is 16.8 Å². The van der Waals surface area contributed by atoms with Gasteiger partial charge in [0.25, 0.3) is 0 Å². The Morgan fingerprint density at radius 3 is 2.60 bits per heavy atom. The van der Waals surface area contributed by atoms with Gasteiger partial charge in [-0.05, 0) is 49.4 Å². The van der Waals surface area contributed by atoms with Crippen molar-refractivity contribution >= 4 is 46.6 Å². The predicted molar refractivity (Wildman–Crippen MR) is 138 cm³/mol.